The van der Waals surface area contributed by atoms with Gasteiger partial charge in [0.15, 0.2) is 5.96 Å². The fourth-order valence-electron chi connectivity index (χ4n) is 2.44. The molecular formula is C19H30IN5O. The van der Waals surface area contributed by atoms with Crippen molar-refractivity contribution in [3.63, 3.8) is 0 Å². The molecule has 1 aromatic carbocycles. The number of aliphatic imine (C=N–C) groups is 1. The number of imidazole rings is 1. The molecule has 144 valence electrons. The van der Waals surface area contributed by atoms with Crippen molar-refractivity contribution in [3.8, 4) is 0 Å². The molecule has 0 saturated carbocycles. The molecule has 1 aromatic heterocycles. The molecule has 6 nitrogen and oxygen atoms in total. The van der Waals surface area contributed by atoms with Crippen molar-refractivity contribution in [2.75, 3.05) is 26.8 Å². The largest absolute Gasteiger partial charge is 0.382 e. The van der Waals surface area contributed by atoms with Crippen LogP contribution in [0.2, 0.25) is 0 Å². The SMILES string of the molecule is CCOCCCCNC(=NC)NCc1ccc(Cn2ccnc2)cc1.I. The van der Waals surface area contributed by atoms with Crippen LogP contribution >= 0.6 is 24.0 Å². The van der Waals surface area contributed by atoms with Crippen LogP contribution in [0.25, 0.3) is 0 Å². The van der Waals surface area contributed by atoms with Crippen LogP contribution in [-0.2, 0) is 17.8 Å². The highest BCUT2D eigenvalue weighted by atomic mass is 127. The summed E-state index contributed by atoms with van der Waals surface area (Å²) in [4.78, 5) is 8.32. The first-order valence-corrected chi connectivity index (χ1v) is 8.87. The molecular weight excluding hydrogens is 441 g/mol. The number of nitrogens with one attached hydrogen (secondary N) is 2. The van der Waals surface area contributed by atoms with E-state index in [0.717, 1.165) is 51.6 Å². The topological polar surface area (TPSA) is 63.5 Å². The van der Waals surface area contributed by atoms with E-state index in [2.05, 4.69) is 49.4 Å². The Hall–Kier alpha value is -1.61. The molecule has 0 fully saturated rings. The molecule has 0 spiro atoms. The van der Waals surface area contributed by atoms with E-state index in [1.807, 2.05) is 19.4 Å². The lowest BCUT2D eigenvalue weighted by molar-refractivity contribution is 0.143. The lowest BCUT2D eigenvalue weighted by Gasteiger charge is -2.12. The highest BCUT2D eigenvalue weighted by molar-refractivity contribution is 14.0. The molecule has 0 amide bonds. The van der Waals surface area contributed by atoms with Gasteiger partial charge in [-0.3, -0.25) is 4.99 Å². The monoisotopic (exact) mass is 471 g/mol. The fraction of sp³-hybridized carbons (Fsp3) is 0.474. The normalized spacial score (nSPS) is 11.1. The van der Waals surface area contributed by atoms with Crippen LogP contribution in [-0.4, -0.2) is 42.3 Å². The van der Waals surface area contributed by atoms with Gasteiger partial charge in [0.05, 0.1) is 6.33 Å². The predicted molar refractivity (Wildman–Crippen MR) is 117 cm³/mol. The zero-order valence-electron chi connectivity index (χ0n) is 15.6. The Morgan fingerprint density at radius 1 is 1.15 bits per heavy atom. The lowest BCUT2D eigenvalue weighted by Crippen LogP contribution is -2.37. The summed E-state index contributed by atoms with van der Waals surface area (Å²) in [7, 11) is 1.80. The third-order valence-corrected chi connectivity index (χ3v) is 3.84. The Labute approximate surface area is 173 Å². The summed E-state index contributed by atoms with van der Waals surface area (Å²) < 4.78 is 7.40. The van der Waals surface area contributed by atoms with Crippen molar-refractivity contribution in [3.05, 3.63) is 54.1 Å². The van der Waals surface area contributed by atoms with Crippen LogP contribution in [0.1, 0.15) is 30.9 Å². The van der Waals surface area contributed by atoms with Crippen LogP contribution in [0.3, 0.4) is 0 Å². The second-order valence-electron chi connectivity index (χ2n) is 5.81. The molecule has 0 aliphatic carbocycles. The fourth-order valence-corrected chi connectivity index (χ4v) is 2.44. The second-order valence-corrected chi connectivity index (χ2v) is 5.81. The minimum Gasteiger partial charge on any atom is -0.382 e. The number of unbranched alkanes of at least 4 members (excludes halogenated alkanes) is 1. The van der Waals surface area contributed by atoms with E-state index in [4.69, 9.17) is 4.74 Å². The molecule has 0 radical (unpaired) electrons. The van der Waals surface area contributed by atoms with Crippen molar-refractivity contribution in [2.45, 2.75) is 32.9 Å². The number of hydrogen-bond acceptors (Lipinski definition) is 3. The molecule has 2 aromatic rings. The van der Waals surface area contributed by atoms with Crippen molar-refractivity contribution in [2.24, 2.45) is 4.99 Å². The average molecular weight is 471 g/mol. The Bertz CT molecular complexity index is 613. The zero-order chi connectivity index (χ0) is 17.7. The van der Waals surface area contributed by atoms with Gasteiger partial charge in [-0.05, 0) is 30.9 Å². The van der Waals surface area contributed by atoms with Crippen LogP contribution in [0.4, 0.5) is 0 Å². The first-order valence-electron chi connectivity index (χ1n) is 8.87. The van der Waals surface area contributed by atoms with Crippen LogP contribution in [0, 0.1) is 0 Å². The number of rotatable bonds is 10. The van der Waals surface area contributed by atoms with Gasteiger partial charge < -0.3 is 19.9 Å². The molecule has 26 heavy (non-hydrogen) atoms. The lowest BCUT2D eigenvalue weighted by atomic mass is 10.1. The molecule has 0 unspecified atom stereocenters. The maximum absolute atomic E-state index is 5.34. The second kappa shape index (κ2) is 13.6. The zero-order valence-corrected chi connectivity index (χ0v) is 18.0. The maximum Gasteiger partial charge on any atom is 0.191 e. The van der Waals surface area contributed by atoms with Gasteiger partial charge in [0, 0.05) is 52.3 Å². The van der Waals surface area contributed by atoms with Gasteiger partial charge in [0.1, 0.15) is 0 Å². The molecule has 0 aliphatic heterocycles. The smallest absolute Gasteiger partial charge is 0.191 e. The summed E-state index contributed by atoms with van der Waals surface area (Å²) in [5, 5.41) is 6.68. The first kappa shape index (κ1) is 22.4. The maximum atomic E-state index is 5.34. The summed E-state index contributed by atoms with van der Waals surface area (Å²) in [5.41, 5.74) is 2.49. The summed E-state index contributed by atoms with van der Waals surface area (Å²) >= 11 is 0. The highest BCUT2D eigenvalue weighted by Crippen LogP contribution is 2.06. The number of benzene rings is 1. The van der Waals surface area contributed by atoms with E-state index in [9.17, 15) is 0 Å². The Morgan fingerprint density at radius 3 is 2.58 bits per heavy atom. The number of aromatic nitrogens is 2. The van der Waals surface area contributed by atoms with E-state index < -0.39 is 0 Å². The number of guanidine groups is 1. The van der Waals surface area contributed by atoms with E-state index >= 15 is 0 Å². The quantitative estimate of drug-likeness (QED) is 0.242. The van der Waals surface area contributed by atoms with Gasteiger partial charge in [-0.25, -0.2) is 4.98 Å². The van der Waals surface area contributed by atoms with Gasteiger partial charge >= 0.3 is 0 Å². The summed E-state index contributed by atoms with van der Waals surface area (Å²) in [6, 6.07) is 8.60. The minimum atomic E-state index is 0. The molecule has 0 aliphatic rings. The predicted octanol–water partition coefficient (Wildman–Crippen LogP) is 3.03. The van der Waals surface area contributed by atoms with Crippen LogP contribution in [0.15, 0.2) is 48.0 Å². The van der Waals surface area contributed by atoms with Gasteiger partial charge in [0.25, 0.3) is 0 Å². The van der Waals surface area contributed by atoms with Crippen molar-refractivity contribution in [1.29, 1.82) is 0 Å². The number of ether oxygens (including phenoxy) is 1. The van der Waals surface area contributed by atoms with E-state index in [0.29, 0.717) is 0 Å². The highest BCUT2D eigenvalue weighted by Gasteiger charge is 2.00. The minimum absolute atomic E-state index is 0. The van der Waals surface area contributed by atoms with Crippen LogP contribution in [0.5, 0.6) is 0 Å². The number of halogens is 1. The summed E-state index contributed by atoms with van der Waals surface area (Å²) in [6.45, 7) is 6.14. The van der Waals surface area contributed by atoms with Gasteiger partial charge in [-0.1, -0.05) is 24.3 Å². The molecule has 0 atom stereocenters. The van der Waals surface area contributed by atoms with E-state index in [1.165, 1.54) is 11.1 Å². The molecule has 0 saturated heterocycles. The number of hydrogen-bond donors (Lipinski definition) is 2. The van der Waals surface area contributed by atoms with Gasteiger partial charge in [0.2, 0.25) is 0 Å². The molecule has 2 N–H and O–H groups in total. The third kappa shape index (κ3) is 8.66. The van der Waals surface area contributed by atoms with Crippen molar-refractivity contribution < 1.29 is 4.74 Å². The molecule has 7 heteroatoms. The molecule has 2 rings (SSSR count). The Morgan fingerprint density at radius 2 is 1.92 bits per heavy atom. The molecule has 1 heterocycles. The van der Waals surface area contributed by atoms with Crippen LogP contribution < -0.4 is 10.6 Å². The van der Waals surface area contributed by atoms with E-state index in [-0.39, 0.29) is 24.0 Å². The van der Waals surface area contributed by atoms with E-state index in [1.54, 1.807) is 13.2 Å². The van der Waals surface area contributed by atoms with Crippen molar-refractivity contribution in [1.82, 2.24) is 20.2 Å². The first-order chi connectivity index (χ1) is 12.3. The third-order valence-electron chi connectivity index (χ3n) is 3.84. The van der Waals surface area contributed by atoms with Crippen molar-refractivity contribution >= 4 is 29.9 Å². The van der Waals surface area contributed by atoms with Gasteiger partial charge in [-0.2, -0.15) is 0 Å². The number of nitrogens with zero attached hydrogens (tertiary/aromatic N) is 3. The van der Waals surface area contributed by atoms with Gasteiger partial charge in [-0.15, -0.1) is 24.0 Å². The molecule has 0 bridgehead atoms. The Balaban J connectivity index is 0.00000338. The average Bonchev–Trinajstić information content (AvgIpc) is 3.15. The Kier molecular flexibility index (Phi) is 11.7. The summed E-state index contributed by atoms with van der Waals surface area (Å²) in [6.07, 6.45) is 7.74. The standard InChI is InChI=1S/C19H29N5O.HI/c1-3-25-13-5-4-10-22-19(20-2)23-14-17-6-8-18(9-7-17)15-24-12-11-21-16-24;/h6-9,11-12,16H,3-5,10,13-15H2,1-2H3,(H2,20,22,23);1H. The summed E-state index contributed by atoms with van der Waals surface area (Å²) in [5.74, 6) is 0.832.